The highest BCUT2D eigenvalue weighted by atomic mass is 35.5. The lowest BCUT2D eigenvalue weighted by Crippen LogP contribution is -1.99. The number of methoxy groups -OCH3 is 2. The van der Waals surface area contributed by atoms with Gasteiger partial charge in [-0.25, -0.2) is 5.43 Å². The summed E-state index contributed by atoms with van der Waals surface area (Å²) in [5, 5.41) is 35.8. The fourth-order valence-corrected chi connectivity index (χ4v) is 2.77. The molecule has 0 saturated heterocycles. The lowest BCUT2D eigenvalue weighted by Gasteiger charge is -2.06. The van der Waals surface area contributed by atoms with Gasteiger partial charge in [0.05, 0.1) is 36.7 Å². The third kappa shape index (κ3) is 4.73. The van der Waals surface area contributed by atoms with Gasteiger partial charge in [0.15, 0.2) is 23.0 Å². The molecule has 30 heavy (non-hydrogen) atoms. The van der Waals surface area contributed by atoms with Crippen molar-refractivity contribution >= 4 is 41.6 Å². The van der Waals surface area contributed by atoms with E-state index in [1.165, 1.54) is 49.8 Å². The number of hydrazone groups is 1. The Bertz CT molecular complexity index is 1120. The average Bonchev–Trinajstić information content (AvgIpc) is 3.18. The van der Waals surface area contributed by atoms with Gasteiger partial charge in [-0.2, -0.15) is 14.9 Å². The summed E-state index contributed by atoms with van der Waals surface area (Å²) in [7, 11) is 2.84. The van der Waals surface area contributed by atoms with Crippen molar-refractivity contribution in [2.75, 3.05) is 19.6 Å². The lowest BCUT2D eigenvalue weighted by molar-refractivity contribution is 0.373. The SMILES string of the molecule is COc1cc(/C=N\Nc2nncn2/N=C/c2cc(Cl)c(O)c(OC)c2)cc(Cl)c1O. The second-order valence-corrected chi connectivity index (χ2v) is 6.54. The molecular weight excluding hydrogens is 435 g/mol. The third-order valence-corrected chi connectivity index (χ3v) is 4.36. The summed E-state index contributed by atoms with van der Waals surface area (Å²) in [6, 6.07) is 6.19. The standard InChI is InChI=1S/C18H16Cl2N6O4/c1-29-14-5-10(3-12(19)16(14)27)7-21-24-18-25-22-9-26(18)23-8-11-4-13(20)17(28)15(6-11)30-2/h3-9,27-28H,1-2H3,(H,24,25)/b21-7-,23-8+. The van der Waals surface area contributed by atoms with Crippen molar-refractivity contribution in [1.82, 2.24) is 14.9 Å². The van der Waals surface area contributed by atoms with Crippen LogP contribution in [0.3, 0.4) is 0 Å². The molecular formula is C18H16Cl2N6O4. The van der Waals surface area contributed by atoms with E-state index in [1.807, 2.05) is 0 Å². The number of hydrogen-bond acceptors (Lipinski definition) is 9. The van der Waals surface area contributed by atoms with Gasteiger partial charge in [-0.3, -0.25) is 0 Å². The highest BCUT2D eigenvalue weighted by molar-refractivity contribution is 6.32. The molecule has 0 unspecified atom stereocenters. The number of ether oxygens (including phenoxy) is 2. The van der Waals surface area contributed by atoms with Crippen molar-refractivity contribution in [1.29, 1.82) is 0 Å². The summed E-state index contributed by atoms with van der Waals surface area (Å²) >= 11 is 11.9. The molecule has 0 spiro atoms. The Balaban J connectivity index is 1.75. The van der Waals surface area contributed by atoms with E-state index >= 15 is 0 Å². The normalized spacial score (nSPS) is 11.3. The number of benzene rings is 2. The summed E-state index contributed by atoms with van der Waals surface area (Å²) in [6.07, 6.45) is 4.31. The Kier molecular flexibility index (Phi) is 6.60. The van der Waals surface area contributed by atoms with Crippen molar-refractivity contribution in [2.24, 2.45) is 10.2 Å². The molecule has 0 fully saturated rings. The first-order chi connectivity index (χ1) is 14.4. The van der Waals surface area contributed by atoms with E-state index in [4.69, 9.17) is 32.7 Å². The van der Waals surface area contributed by atoms with Gasteiger partial charge in [0.1, 0.15) is 6.33 Å². The van der Waals surface area contributed by atoms with Crippen molar-refractivity contribution in [3.63, 3.8) is 0 Å². The number of halogens is 2. The average molecular weight is 451 g/mol. The third-order valence-electron chi connectivity index (χ3n) is 3.78. The van der Waals surface area contributed by atoms with Crippen LogP contribution < -0.4 is 14.9 Å². The molecule has 12 heteroatoms. The Morgan fingerprint density at radius 3 is 2.10 bits per heavy atom. The van der Waals surface area contributed by atoms with Crippen LogP contribution in [0.5, 0.6) is 23.0 Å². The van der Waals surface area contributed by atoms with E-state index in [2.05, 4.69) is 25.8 Å². The van der Waals surface area contributed by atoms with Crippen LogP contribution in [0.15, 0.2) is 40.8 Å². The molecule has 0 aliphatic rings. The number of hydrogen-bond donors (Lipinski definition) is 3. The lowest BCUT2D eigenvalue weighted by atomic mass is 10.2. The molecule has 0 aliphatic heterocycles. The van der Waals surface area contributed by atoms with Crippen LogP contribution in [0.1, 0.15) is 11.1 Å². The van der Waals surface area contributed by atoms with Crippen LogP contribution in [0.4, 0.5) is 5.95 Å². The second kappa shape index (κ2) is 9.33. The highest BCUT2D eigenvalue weighted by Crippen LogP contribution is 2.35. The van der Waals surface area contributed by atoms with E-state index < -0.39 is 0 Å². The zero-order valence-electron chi connectivity index (χ0n) is 15.7. The van der Waals surface area contributed by atoms with Gasteiger partial charge < -0.3 is 19.7 Å². The quantitative estimate of drug-likeness (QED) is 0.372. The van der Waals surface area contributed by atoms with Gasteiger partial charge in [-0.1, -0.05) is 23.2 Å². The molecule has 0 saturated carbocycles. The molecule has 0 amide bonds. The van der Waals surface area contributed by atoms with Gasteiger partial charge in [0, 0.05) is 0 Å². The van der Waals surface area contributed by atoms with Crippen molar-refractivity contribution < 1.29 is 19.7 Å². The monoisotopic (exact) mass is 450 g/mol. The summed E-state index contributed by atoms with van der Waals surface area (Å²) in [5.74, 6) is 0.377. The zero-order valence-corrected chi connectivity index (χ0v) is 17.3. The van der Waals surface area contributed by atoms with Gasteiger partial charge in [-0.15, -0.1) is 10.2 Å². The first-order valence-corrected chi connectivity index (χ1v) is 9.05. The van der Waals surface area contributed by atoms with Gasteiger partial charge in [0.25, 0.3) is 5.95 Å². The fourth-order valence-electron chi connectivity index (χ4n) is 2.33. The molecule has 0 bridgehead atoms. The van der Waals surface area contributed by atoms with E-state index in [1.54, 1.807) is 12.1 Å². The van der Waals surface area contributed by atoms with Crippen LogP contribution in [-0.4, -0.2) is 51.7 Å². The summed E-state index contributed by atoms with van der Waals surface area (Å²) in [5.41, 5.74) is 3.87. The maximum absolute atomic E-state index is 9.79. The summed E-state index contributed by atoms with van der Waals surface area (Å²) in [4.78, 5) is 0. The highest BCUT2D eigenvalue weighted by Gasteiger charge is 2.09. The Morgan fingerprint density at radius 1 is 0.967 bits per heavy atom. The molecule has 10 nitrogen and oxygen atoms in total. The van der Waals surface area contributed by atoms with Crippen LogP contribution in [-0.2, 0) is 0 Å². The Labute approximate surface area is 181 Å². The number of anilines is 1. The molecule has 0 radical (unpaired) electrons. The number of nitrogens with one attached hydrogen (secondary N) is 1. The topological polar surface area (TPSA) is 126 Å². The Hall–Kier alpha value is -3.50. The van der Waals surface area contributed by atoms with Crippen molar-refractivity contribution in [2.45, 2.75) is 0 Å². The molecule has 3 rings (SSSR count). The van der Waals surface area contributed by atoms with E-state index in [9.17, 15) is 10.2 Å². The van der Waals surface area contributed by atoms with E-state index in [0.717, 1.165) is 0 Å². The summed E-state index contributed by atoms with van der Waals surface area (Å²) < 4.78 is 11.5. The van der Waals surface area contributed by atoms with Crippen molar-refractivity contribution in [3.05, 3.63) is 51.8 Å². The number of nitrogens with zero attached hydrogens (tertiary/aromatic N) is 5. The number of aromatic hydroxyl groups is 2. The number of rotatable bonds is 7. The number of aromatic nitrogens is 3. The zero-order chi connectivity index (χ0) is 21.7. The number of phenolic OH excluding ortho intramolecular Hbond substituents is 2. The largest absolute Gasteiger partial charge is 0.503 e. The number of phenols is 2. The van der Waals surface area contributed by atoms with Gasteiger partial charge >= 0.3 is 0 Å². The van der Waals surface area contributed by atoms with E-state index in [0.29, 0.717) is 11.1 Å². The molecule has 0 atom stereocenters. The molecule has 3 aromatic rings. The smallest absolute Gasteiger partial charge is 0.265 e. The summed E-state index contributed by atoms with van der Waals surface area (Å²) in [6.45, 7) is 0. The van der Waals surface area contributed by atoms with Gasteiger partial charge in [0.2, 0.25) is 0 Å². The molecule has 3 N–H and O–H groups in total. The molecule has 0 aliphatic carbocycles. The fraction of sp³-hybridized carbons (Fsp3) is 0.111. The first-order valence-electron chi connectivity index (χ1n) is 8.29. The molecule has 156 valence electrons. The molecule has 1 heterocycles. The first kappa shape index (κ1) is 21.2. The van der Waals surface area contributed by atoms with Gasteiger partial charge in [-0.05, 0) is 35.4 Å². The molecule has 2 aromatic carbocycles. The molecule has 1 aromatic heterocycles. The predicted octanol–water partition coefficient (Wildman–Crippen LogP) is 3.34. The van der Waals surface area contributed by atoms with Crippen LogP contribution >= 0.6 is 23.2 Å². The minimum absolute atomic E-state index is 0.130. The van der Waals surface area contributed by atoms with Crippen LogP contribution in [0.2, 0.25) is 10.0 Å². The van der Waals surface area contributed by atoms with E-state index in [-0.39, 0.29) is 39.0 Å². The Morgan fingerprint density at radius 2 is 1.53 bits per heavy atom. The predicted molar refractivity (Wildman–Crippen MR) is 114 cm³/mol. The van der Waals surface area contributed by atoms with Crippen molar-refractivity contribution in [3.8, 4) is 23.0 Å². The minimum atomic E-state index is -0.150. The van der Waals surface area contributed by atoms with Crippen LogP contribution in [0, 0.1) is 0 Å². The van der Waals surface area contributed by atoms with Crippen LogP contribution in [0.25, 0.3) is 0 Å². The maximum atomic E-state index is 9.79. The minimum Gasteiger partial charge on any atom is -0.503 e. The maximum Gasteiger partial charge on any atom is 0.265 e. The second-order valence-electron chi connectivity index (χ2n) is 5.72.